The molecule has 2 aliphatic rings. The SMILES string of the molecule is CC[C@@H](C(=O)NC1CCCC1)N(Cc1ccc(F)cc1)C(=O)CCCN1C(=O)c2ccccc2S1(=O)=O. The maximum Gasteiger partial charge on any atom is 0.269 e. The minimum absolute atomic E-state index is 0.0288. The summed E-state index contributed by atoms with van der Waals surface area (Å²) in [6.07, 6.45) is 4.38. The first-order valence-corrected chi connectivity index (χ1v) is 14.2. The van der Waals surface area contributed by atoms with Gasteiger partial charge in [0.15, 0.2) is 0 Å². The zero-order valence-corrected chi connectivity index (χ0v) is 21.7. The lowest BCUT2D eigenvalue weighted by Crippen LogP contribution is -2.51. The third-order valence-electron chi connectivity index (χ3n) is 7.02. The van der Waals surface area contributed by atoms with Gasteiger partial charge in [0.2, 0.25) is 11.8 Å². The van der Waals surface area contributed by atoms with Crippen LogP contribution >= 0.6 is 0 Å². The summed E-state index contributed by atoms with van der Waals surface area (Å²) >= 11 is 0. The predicted molar refractivity (Wildman–Crippen MR) is 135 cm³/mol. The topological polar surface area (TPSA) is 104 Å². The van der Waals surface area contributed by atoms with E-state index in [9.17, 15) is 27.2 Å². The van der Waals surface area contributed by atoms with Crippen molar-refractivity contribution in [2.75, 3.05) is 6.54 Å². The molecule has 1 saturated carbocycles. The van der Waals surface area contributed by atoms with E-state index in [1.807, 2.05) is 6.92 Å². The number of hydrogen-bond acceptors (Lipinski definition) is 5. The summed E-state index contributed by atoms with van der Waals surface area (Å²) < 4.78 is 39.9. The zero-order chi connectivity index (χ0) is 26.6. The van der Waals surface area contributed by atoms with Crippen LogP contribution in [0.2, 0.25) is 0 Å². The van der Waals surface area contributed by atoms with Crippen LogP contribution in [0.1, 0.15) is 67.8 Å². The highest BCUT2D eigenvalue weighted by Gasteiger charge is 2.40. The van der Waals surface area contributed by atoms with Crippen molar-refractivity contribution in [1.29, 1.82) is 0 Å². The number of hydrogen-bond donors (Lipinski definition) is 1. The summed E-state index contributed by atoms with van der Waals surface area (Å²) in [4.78, 5) is 40.7. The van der Waals surface area contributed by atoms with Gasteiger partial charge in [0.1, 0.15) is 16.8 Å². The van der Waals surface area contributed by atoms with Crippen LogP contribution in [0, 0.1) is 5.82 Å². The largest absolute Gasteiger partial charge is 0.352 e. The molecule has 0 aromatic heterocycles. The van der Waals surface area contributed by atoms with Gasteiger partial charge in [-0.2, -0.15) is 0 Å². The van der Waals surface area contributed by atoms with Crippen molar-refractivity contribution >= 4 is 27.7 Å². The number of fused-ring (bicyclic) bond motifs is 1. The highest BCUT2D eigenvalue weighted by Crippen LogP contribution is 2.30. The Bertz CT molecular complexity index is 1260. The smallest absolute Gasteiger partial charge is 0.269 e. The molecule has 198 valence electrons. The van der Waals surface area contributed by atoms with E-state index >= 15 is 0 Å². The number of nitrogens with one attached hydrogen (secondary N) is 1. The summed E-state index contributed by atoms with van der Waals surface area (Å²) in [5.41, 5.74) is 0.802. The molecular weight excluding hydrogens is 497 g/mol. The lowest BCUT2D eigenvalue weighted by Gasteiger charge is -2.31. The van der Waals surface area contributed by atoms with Gasteiger partial charge in [-0.3, -0.25) is 14.4 Å². The van der Waals surface area contributed by atoms with Gasteiger partial charge in [-0.25, -0.2) is 17.1 Å². The lowest BCUT2D eigenvalue weighted by molar-refractivity contribution is -0.141. The van der Waals surface area contributed by atoms with Crippen molar-refractivity contribution in [3.05, 3.63) is 65.5 Å². The van der Waals surface area contributed by atoms with Gasteiger partial charge < -0.3 is 10.2 Å². The standard InChI is InChI=1S/C27H32FN3O5S/c1-2-23(26(33)29-21-8-3-4-9-21)30(18-19-13-15-20(28)16-14-19)25(32)12-7-17-31-27(34)22-10-5-6-11-24(22)37(31,35)36/h5-6,10-11,13-16,21,23H,2-4,7-9,12,17-18H2,1H3,(H,29,33)/t23-/m0/s1. The maximum atomic E-state index is 13.4. The van der Waals surface area contributed by atoms with Crippen molar-refractivity contribution in [1.82, 2.24) is 14.5 Å². The average molecular weight is 530 g/mol. The fraction of sp³-hybridized carbons (Fsp3) is 0.444. The molecule has 2 aromatic rings. The first kappa shape index (κ1) is 26.8. The van der Waals surface area contributed by atoms with Gasteiger partial charge in [0, 0.05) is 25.6 Å². The fourth-order valence-electron chi connectivity index (χ4n) is 5.04. The van der Waals surface area contributed by atoms with Crippen molar-refractivity contribution in [2.45, 2.75) is 75.4 Å². The van der Waals surface area contributed by atoms with Crippen LogP contribution in [-0.2, 0) is 26.2 Å². The average Bonchev–Trinajstić information content (AvgIpc) is 3.46. The van der Waals surface area contributed by atoms with Crippen LogP contribution < -0.4 is 5.32 Å². The van der Waals surface area contributed by atoms with Crippen molar-refractivity contribution in [3.8, 4) is 0 Å². The Kier molecular flexibility index (Phi) is 8.26. The molecule has 0 saturated heterocycles. The summed E-state index contributed by atoms with van der Waals surface area (Å²) in [6.45, 7) is 1.80. The second-order valence-corrected chi connectivity index (χ2v) is 11.4. The third kappa shape index (κ3) is 5.84. The van der Waals surface area contributed by atoms with Gasteiger partial charge in [0.05, 0.1) is 5.56 Å². The molecular formula is C27H32FN3O5S. The van der Waals surface area contributed by atoms with Crippen LogP contribution in [0.25, 0.3) is 0 Å². The van der Waals surface area contributed by atoms with Gasteiger partial charge in [0.25, 0.3) is 15.9 Å². The molecule has 37 heavy (non-hydrogen) atoms. The summed E-state index contributed by atoms with van der Waals surface area (Å²) in [5, 5.41) is 3.06. The van der Waals surface area contributed by atoms with E-state index in [1.165, 1.54) is 29.2 Å². The molecule has 1 atom stereocenters. The zero-order valence-electron chi connectivity index (χ0n) is 20.9. The van der Waals surface area contributed by atoms with Gasteiger partial charge in [-0.05, 0) is 55.5 Å². The summed E-state index contributed by atoms with van der Waals surface area (Å²) in [7, 11) is -3.96. The van der Waals surface area contributed by atoms with Crippen molar-refractivity contribution in [2.24, 2.45) is 0 Å². The lowest BCUT2D eigenvalue weighted by atomic mass is 10.1. The van der Waals surface area contributed by atoms with Gasteiger partial charge in [-0.1, -0.05) is 44.0 Å². The molecule has 0 radical (unpaired) electrons. The quantitative estimate of drug-likeness (QED) is 0.506. The maximum absolute atomic E-state index is 13.4. The molecule has 1 aliphatic heterocycles. The number of nitrogens with zero attached hydrogens (tertiary/aromatic N) is 2. The van der Waals surface area contributed by atoms with Crippen LogP contribution in [0.4, 0.5) is 4.39 Å². The second kappa shape index (κ2) is 11.4. The summed E-state index contributed by atoms with van der Waals surface area (Å²) in [5.74, 6) is -1.56. The number of carbonyl (C=O) groups is 3. The van der Waals surface area contributed by atoms with E-state index in [2.05, 4.69) is 5.32 Å². The molecule has 0 unspecified atom stereocenters. The molecule has 3 amide bonds. The molecule has 8 nitrogen and oxygen atoms in total. The van der Waals surface area contributed by atoms with E-state index in [1.54, 1.807) is 24.3 Å². The Morgan fingerprint density at radius 2 is 1.78 bits per heavy atom. The number of halogens is 1. The minimum Gasteiger partial charge on any atom is -0.352 e. The molecule has 1 aliphatic carbocycles. The Labute approximate surface area is 216 Å². The minimum atomic E-state index is -3.96. The van der Waals surface area contributed by atoms with E-state index in [0.717, 1.165) is 30.0 Å². The van der Waals surface area contributed by atoms with Crippen molar-refractivity contribution in [3.63, 3.8) is 0 Å². The van der Waals surface area contributed by atoms with Crippen LogP contribution in [0.15, 0.2) is 53.4 Å². The highest BCUT2D eigenvalue weighted by molar-refractivity contribution is 7.90. The first-order valence-electron chi connectivity index (χ1n) is 12.7. The third-order valence-corrected chi connectivity index (χ3v) is 8.86. The van der Waals surface area contributed by atoms with Crippen molar-refractivity contribution < 1.29 is 27.2 Å². The number of rotatable bonds is 10. The van der Waals surface area contributed by atoms with E-state index < -0.39 is 27.8 Å². The Balaban J connectivity index is 1.46. The van der Waals surface area contributed by atoms with E-state index in [4.69, 9.17) is 0 Å². The molecule has 1 N–H and O–H groups in total. The predicted octanol–water partition coefficient (Wildman–Crippen LogP) is 3.62. The molecule has 2 aromatic carbocycles. The molecule has 0 bridgehead atoms. The van der Waals surface area contributed by atoms with Crippen LogP contribution in [0.3, 0.4) is 0 Å². The first-order chi connectivity index (χ1) is 17.7. The highest BCUT2D eigenvalue weighted by atomic mass is 32.2. The number of amides is 3. The van der Waals surface area contributed by atoms with E-state index in [0.29, 0.717) is 12.0 Å². The van der Waals surface area contributed by atoms with Gasteiger partial charge >= 0.3 is 0 Å². The molecule has 1 fully saturated rings. The molecule has 1 heterocycles. The van der Waals surface area contributed by atoms with Crippen LogP contribution in [-0.4, -0.2) is 54.0 Å². The number of carbonyl (C=O) groups excluding carboxylic acids is 3. The Hall–Kier alpha value is -3.27. The number of benzene rings is 2. The normalized spacial score (nSPS) is 17.5. The number of sulfonamides is 1. The van der Waals surface area contributed by atoms with Gasteiger partial charge in [-0.15, -0.1) is 0 Å². The monoisotopic (exact) mass is 529 g/mol. The Morgan fingerprint density at radius 3 is 2.43 bits per heavy atom. The summed E-state index contributed by atoms with van der Waals surface area (Å²) in [6, 6.07) is 11.2. The molecule has 4 rings (SSSR count). The van der Waals surface area contributed by atoms with Crippen LogP contribution in [0.5, 0.6) is 0 Å². The molecule has 0 spiro atoms. The second-order valence-electron chi connectivity index (χ2n) is 9.54. The van der Waals surface area contributed by atoms with E-state index in [-0.39, 0.29) is 54.2 Å². The molecule has 10 heteroatoms. The fourth-order valence-corrected chi connectivity index (χ4v) is 6.65. The Morgan fingerprint density at radius 1 is 1.11 bits per heavy atom.